The number of hydrogen-bond acceptors (Lipinski definition) is 4. The van der Waals surface area contributed by atoms with E-state index in [2.05, 4.69) is 21.2 Å². The molecule has 168 valence electrons. The summed E-state index contributed by atoms with van der Waals surface area (Å²) in [6.07, 6.45) is 0.990. The summed E-state index contributed by atoms with van der Waals surface area (Å²) in [5.74, 6) is -0.920. The van der Waals surface area contributed by atoms with Crippen LogP contribution in [0, 0.1) is 0 Å². The maximum Gasteiger partial charge on any atom is 0.244 e. The number of nitrogens with zero attached hydrogens (tertiary/aromatic N) is 2. The lowest BCUT2D eigenvalue weighted by molar-refractivity contribution is -0.139. The minimum atomic E-state index is -3.83. The van der Waals surface area contributed by atoms with E-state index in [-0.39, 0.29) is 28.2 Å². The molecule has 0 unspecified atom stereocenters. The van der Waals surface area contributed by atoms with Crippen LogP contribution in [0.5, 0.6) is 0 Å². The zero-order valence-corrected chi connectivity index (χ0v) is 21.0. The zero-order chi connectivity index (χ0) is 23.3. The summed E-state index contributed by atoms with van der Waals surface area (Å²) in [6, 6.07) is 10.8. The standard InChI is InChI=1S/C20H22BrCl2N3O4S/c1-13(20(28)24-2)25(11-14-5-4-6-15(21)9-14)19(27)12-26(31(3,29)30)16-7-8-17(22)18(23)10-16/h4-10,13H,11-12H2,1-3H3,(H,24,28)/t13-/m0/s1. The Bertz CT molecular complexity index is 1080. The lowest BCUT2D eigenvalue weighted by atomic mass is 10.1. The second-order valence-electron chi connectivity index (χ2n) is 6.81. The number of amides is 2. The first kappa shape index (κ1) is 25.5. The number of likely N-dealkylation sites (N-methyl/N-ethyl adjacent to an activating group) is 1. The number of hydrogen-bond donors (Lipinski definition) is 1. The number of rotatable bonds is 8. The SMILES string of the molecule is CNC(=O)[C@H](C)N(Cc1cccc(Br)c1)C(=O)CN(c1ccc(Cl)c(Cl)c1)S(C)(=O)=O. The highest BCUT2D eigenvalue weighted by Crippen LogP contribution is 2.28. The third-order valence-corrected chi connectivity index (χ3v) is 6.90. The molecule has 0 aliphatic heterocycles. The molecule has 2 rings (SSSR count). The van der Waals surface area contributed by atoms with Crippen molar-refractivity contribution in [3.05, 3.63) is 62.5 Å². The summed E-state index contributed by atoms with van der Waals surface area (Å²) in [4.78, 5) is 26.8. The van der Waals surface area contributed by atoms with Crippen LogP contribution < -0.4 is 9.62 Å². The van der Waals surface area contributed by atoms with Gasteiger partial charge < -0.3 is 10.2 Å². The summed E-state index contributed by atoms with van der Waals surface area (Å²) >= 11 is 15.3. The van der Waals surface area contributed by atoms with E-state index in [0.29, 0.717) is 0 Å². The van der Waals surface area contributed by atoms with Gasteiger partial charge in [0.05, 0.1) is 22.0 Å². The van der Waals surface area contributed by atoms with Gasteiger partial charge in [0.25, 0.3) is 0 Å². The van der Waals surface area contributed by atoms with Crippen LogP contribution in [0.3, 0.4) is 0 Å². The minimum Gasteiger partial charge on any atom is -0.357 e. The van der Waals surface area contributed by atoms with E-state index in [1.807, 2.05) is 24.3 Å². The van der Waals surface area contributed by atoms with Crippen molar-refractivity contribution in [2.75, 3.05) is 24.2 Å². The van der Waals surface area contributed by atoms with Gasteiger partial charge in [-0.25, -0.2) is 8.42 Å². The number of carbonyl (C=O) groups is 2. The molecule has 2 aromatic rings. The van der Waals surface area contributed by atoms with Crippen LogP contribution in [0.1, 0.15) is 12.5 Å². The Kier molecular flexibility index (Phi) is 8.76. The summed E-state index contributed by atoms with van der Waals surface area (Å²) in [5.41, 5.74) is 0.971. The summed E-state index contributed by atoms with van der Waals surface area (Å²) in [7, 11) is -2.36. The van der Waals surface area contributed by atoms with Gasteiger partial charge in [0, 0.05) is 18.1 Å². The molecule has 1 N–H and O–H groups in total. The lowest BCUT2D eigenvalue weighted by Crippen LogP contribution is -2.50. The second-order valence-corrected chi connectivity index (χ2v) is 10.4. The third kappa shape index (κ3) is 6.83. The van der Waals surface area contributed by atoms with E-state index in [1.165, 1.54) is 30.1 Å². The van der Waals surface area contributed by atoms with Gasteiger partial charge >= 0.3 is 0 Å². The average molecular weight is 551 g/mol. The molecule has 0 aliphatic carbocycles. The Morgan fingerprint density at radius 3 is 2.35 bits per heavy atom. The largest absolute Gasteiger partial charge is 0.357 e. The molecule has 0 aliphatic rings. The van der Waals surface area contributed by atoms with Crippen LogP contribution in [0.4, 0.5) is 5.69 Å². The predicted octanol–water partition coefficient (Wildman–Crippen LogP) is 3.69. The highest BCUT2D eigenvalue weighted by Gasteiger charge is 2.29. The fraction of sp³-hybridized carbons (Fsp3) is 0.300. The summed E-state index contributed by atoms with van der Waals surface area (Å²) in [5, 5.41) is 2.94. The molecule has 0 radical (unpaired) electrons. The molecule has 0 saturated carbocycles. The highest BCUT2D eigenvalue weighted by atomic mass is 79.9. The van der Waals surface area contributed by atoms with Crippen molar-refractivity contribution in [2.45, 2.75) is 19.5 Å². The van der Waals surface area contributed by atoms with Crippen molar-refractivity contribution < 1.29 is 18.0 Å². The molecule has 1 atom stereocenters. The number of halogens is 3. The van der Waals surface area contributed by atoms with Gasteiger partial charge in [-0.3, -0.25) is 13.9 Å². The molecule has 7 nitrogen and oxygen atoms in total. The Morgan fingerprint density at radius 1 is 1.13 bits per heavy atom. The zero-order valence-electron chi connectivity index (χ0n) is 17.1. The number of benzene rings is 2. The van der Waals surface area contributed by atoms with Crippen molar-refractivity contribution in [1.29, 1.82) is 0 Å². The minimum absolute atomic E-state index is 0.117. The summed E-state index contributed by atoms with van der Waals surface area (Å²) < 4.78 is 26.6. The van der Waals surface area contributed by atoms with Crippen molar-refractivity contribution in [3.8, 4) is 0 Å². The molecule has 0 aromatic heterocycles. The quantitative estimate of drug-likeness (QED) is 0.543. The smallest absolute Gasteiger partial charge is 0.244 e. The lowest BCUT2D eigenvalue weighted by Gasteiger charge is -2.31. The Balaban J connectivity index is 2.40. The van der Waals surface area contributed by atoms with Crippen molar-refractivity contribution in [3.63, 3.8) is 0 Å². The fourth-order valence-corrected chi connectivity index (χ4v) is 4.46. The van der Waals surface area contributed by atoms with E-state index in [9.17, 15) is 18.0 Å². The van der Waals surface area contributed by atoms with E-state index in [1.54, 1.807) is 6.92 Å². The molecule has 0 bridgehead atoms. The Morgan fingerprint density at radius 2 is 1.81 bits per heavy atom. The predicted molar refractivity (Wildman–Crippen MR) is 127 cm³/mol. The van der Waals surface area contributed by atoms with Crippen LogP contribution in [-0.4, -0.2) is 51.0 Å². The summed E-state index contributed by atoms with van der Waals surface area (Å²) in [6.45, 7) is 1.19. The number of sulfonamides is 1. The molecule has 31 heavy (non-hydrogen) atoms. The Labute approximate surface area is 200 Å². The third-order valence-electron chi connectivity index (χ3n) is 4.53. The van der Waals surface area contributed by atoms with Crippen molar-refractivity contribution in [1.82, 2.24) is 10.2 Å². The number of nitrogens with one attached hydrogen (secondary N) is 1. The van der Waals surface area contributed by atoms with Crippen LogP contribution in [0.25, 0.3) is 0 Å². The Hall–Kier alpha value is -1.81. The molecular formula is C20H22BrCl2N3O4S. The van der Waals surface area contributed by atoms with Crippen molar-refractivity contribution >= 4 is 66.7 Å². The number of carbonyl (C=O) groups excluding carboxylic acids is 2. The maximum atomic E-state index is 13.2. The molecule has 11 heteroatoms. The van der Waals surface area contributed by atoms with Gasteiger partial charge in [-0.15, -0.1) is 0 Å². The molecule has 0 fully saturated rings. The van der Waals surface area contributed by atoms with Crippen LogP contribution in [0.2, 0.25) is 10.0 Å². The van der Waals surface area contributed by atoms with E-state index < -0.39 is 28.5 Å². The van der Waals surface area contributed by atoms with Crippen LogP contribution in [-0.2, 0) is 26.2 Å². The first-order chi connectivity index (χ1) is 14.4. The second kappa shape index (κ2) is 10.7. The van der Waals surface area contributed by atoms with Crippen molar-refractivity contribution in [2.24, 2.45) is 0 Å². The normalized spacial score (nSPS) is 12.2. The molecule has 0 saturated heterocycles. The van der Waals surface area contributed by atoms with Gasteiger partial charge in [-0.1, -0.05) is 51.3 Å². The number of anilines is 1. The molecular weight excluding hydrogens is 529 g/mol. The van der Waals surface area contributed by atoms with E-state index >= 15 is 0 Å². The van der Waals surface area contributed by atoms with Crippen LogP contribution in [0.15, 0.2) is 46.9 Å². The fourth-order valence-electron chi connectivity index (χ4n) is 2.88. The van der Waals surface area contributed by atoms with Gasteiger partial charge in [-0.05, 0) is 42.8 Å². The maximum absolute atomic E-state index is 13.2. The van der Waals surface area contributed by atoms with E-state index in [0.717, 1.165) is 20.6 Å². The topological polar surface area (TPSA) is 86.8 Å². The first-order valence-corrected chi connectivity index (χ1v) is 12.5. The first-order valence-electron chi connectivity index (χ1n) is 9.12. The monoisotopic (exact) mass is 549 g/mol. The van der Waals surface area contributed by atoms with Crippen LogP contribution >= 0.6 is 39.1 Å². The average Bonchev–Trinajstić information content (AvgIpc) is 2.70. The molecule has 0 spiro atoms. The van der Waals surface area contributed by atoms with Gasteiger partial charge in [0.1, 0.15) is 12.6 Å². The molecule has 2 aromatic carbocycles. The van der Waals surface area contributed by atoms with Gasteiger partial charge in [0.2, 0.25) is 21.8 Å². The highest BCUT2D eigenvalue weighted by molar-refractivity contribution is 9.10. The molecule has 2 amide bonds. The molecule has 0 heterocycles. The van der Waals surface area contributed by atoms with Gasteiger partial charge in [0.15, 0.2) is 0 Å². The van der Waals surface area contributed by atoms with Gasteiger partial charge in [-0.2, -0.15) is 0 Å². The van der Waals surface area contributed by atoms with E-state index in [4.69, 9.17) is 23.2 Å².